The summed E-state index contributed by atoms with van der Waals surface area (Å²) in [5.74, 6) is -1.54. The van der Waals surface area contributed by atoms with Gasteiger partial charge >= 0.3 is 12.1 Å². The first-order chi connectivity index (χ1) is 9.25. The van der Waals surface area contributed by atoms with Gasteiger partial charge in [-0.05, 0) is 24.6 Å². The molecule has 1 atom stereocenters. The van der Waals surface area contributed by atoms with Gasteiger partial charge in [0.1, 0.15) is 0 Å². The van der Waals surface area contributed by atoms with Gasteiger partial charge in [0.25, 0.3) is 0 Å². The van der Waals surface area contributed by atoms with Gasteiger partial charge in [0.2, 0.25) is 0 Å². The first-order valence-corrected chi connectivity index (χ1v) is 5.83. The highest BCUT2D eigenvalue weighted by Crippen LogP contribution is 2.33. The maximum atomic E-state index is 12.7. The number of rotatable bonds is 5. The molecular weight excluding hydrogens is 273 g/mol. The van der Waals surface area contributed by atoms with E-state index >= 15 is 0 Å². The third-order valence-corrected chi connectivity index (χ3v) is 2.77. The molecule has 0 fully saturated rings. The van der Waals surface area contributed by atoms with E-state index in [0.717, 1.165) is 12.1 Å². The van der Waals surface area contributed by atoms with Gasteiger partial charge in [0.05, 0.1) is 23.1 Å². The number of carbonyl (C=O) groups is 1. The molecule has 0 aliphatic heterocycles. The fraction of sp³-hybridized carbons (Fsp3) is 0.385. The van der Waals surface area contributed by atoms with Gasteiger partial charge in [-0.2, -0.15) is 18.4 Å². The summed E-state index contributed by atoms with van der Waals surface area (Å²) in [7, 11) is 0. The molecule has 1 rings (SSSR count). The number of aliphatic carboxylic acids is 1. The summed E-state index contributed by atoms with van der Waals surface area (Å²) in [4.78, 5) is 10.6. The number of hydrogen-bond acceptors (Lipinski definition) is 3. The monoisotopic (exact) mass is 286 g/mol. The molecule has 0 bridgehead atoms. The van der Waals surface area contributed by atoms with Crippen molar-refractivity contribution >= 4 is 11.7 Å². The lowest BCUT2D eigenvalue weighted by atomic mass is 10.1. The molecule has 20 heavy (non-hydrogen) atoms. The smallest absolute Gasteiger partial charge is 0.417 e. The van der Waals surface area contributed by atoms with Crippen molar-refractivity contribution in [3.8, 4) is 6.07 Å². The Kier molecular flexibility index (Phi) is 4.97. The van der Waals surface area contributed by atoms with Crippen molar-refractivity contribution in [2.75, 3.05) is 11.9 Å². The van der Waals surface area contributed by atoms with Crippen LogP contribution < -0.4 is 5.32 Å². The second-order valence-electron chi connectivity index (χ2n) is 4.32. The van der Waals surface area contributed by atoms with Gasteiger partial charge in [0, 0.05) is 12.2 Å². The molecule has 108 valence electrons. The van der Waals surface area contributed by atoms with Crippen LogP contribution in [0.3, 0.4) is 0 Å². The Hall–Kier alpha value is -2.23. The van der Waals surface area contributed by atoms with Crippen LogP contribution in [0.25, 0.3) is 0 Å². The summed E-state index contributed by atoms with van der Waals surface area (Å²) in [6.07, 6.45) is -4.31. The number of anilines is 1. The summed E-state index contributed by atoms with van der Waals surface area (Å²) < 4.78 is 38.1. The van der Waals surface area contributed by atoms with Gasteiger partial charge in [0.15, 0.2) is 0 Å². The highest BCUT2D eigenvalue weighted by molar-refractivity contribution is 5.69. The molecule has 0 heterocycles. The normalized spacial score (nSPS) is 12.6. The van der Waals surface area contributed by atoms with Crippen molar-refractivity contribution in [1.29, 1.82) is 5.26 Å². The van der Waals surface area contributed by atoms with Crippen LogP contribution in [0.4, 0.5) is 18.9 Å². The Balaban J connectivity index is 2.79. The lowest BCUT2D eigenvalue weighted by Gasteiger charge is -2.13. The summed E-state index contributed by atoms with van der Waals surface area (Å²) in [6, 6.07) is 4.79. The average molecular weight is 286 g/mol. The van der Waals surface area contributed by atoms with Gasteiger partial charge in [-0.3, -0.25) is 4.79 Å². The quantitative estimate of drug-likeness (QED) is 0.872. The number of carboxylic acid groups (broad SMARTS) is 1. The van der Waals surface area contributed by atoms with Gasteiger partial charge in [-0.15, -0.1) is 0 Å². The largest absolute Gasteiger partial charge is 0.481 e. The fourth-order valence-electron chi connectivity index (χ4n) is 1.54. The van der Waals surface area contributed by atoms with Crippen LogP contribution in [0.2, 0.25) is 0 Å². The van der Waals surface area contributed by atoms with Crippen molar-refractivity contribution < 1.29 is 23.1 Å². The molecule has 4 nitrogen and oxygen atoms in total. The highest BCUT2D eigenvalue weighted by Gasteiger charge is 2.33. The van der Waals surface area contributed by atoms with Crippen LogP contribution in [-0.2, 0) is 11.0 Å². The topological polar surface area (TPSA) is 73.1 Å². The van der Waals surface area contributed by atoms with Crippen LogP contribution in [0, 0.1) is 17.2 Å². The van der Waals surface area contributed by atoms with Gasteiger partial charge in [-0.1, -0.05) is 6.92 Å². The Morgan fingerprint density at radius 1 is 1.50 bits per heavy atom. The molecule has 0 aliphatic carbocycles. The molecule has 0 aliphatic rings. The van der Waals surface area contributed by atoms with Crippen LogP contribution in [-0.4, -0.2) is 17.6 Å². The third-order valence-electron chi connectivity index (χ3n) is 2.77. The second kappa shape index (κ2) is 6.28. The molecule has 0 amide bonds. The summed E-state index contributed by atoms with van der Waals surface area (Å²) in [5, 5.41) is 20.1. The lowest BCUT2D eigenvalue weighted by molar-refractivity contribution is -0.141. The SMILES string of the molecule is CC(CCNc1ccc(C#N)c(C(F)(F)F)c1)C(=O)O. The predicted octanol–water partition coefficient (Wildman–Crippen LogP) is 3.10. The van der Waals surface area contributed by atoms with Crippen LogP contribution in [0.5, 0.6) is 0 Å². The molecule has 0 saturated carbocycles. The zero-order valence-corrected chi connectivity index (χ0v) is 10.7. The summed E-state index contributed by atoms with van der Waals surface area (Å²) in [5.41, 5.74) is -1.24. The molecule has 0 spiro atoms. The van der Waals surface area contributed by atoms with Crippen molar-refractivity contribution in [3.63, 3.8) is 0 Å². The first-order valence-electron chi connectivity index (χ1n) is 5.83. The molecule has 7 heteroatoms. The van der Waals surface area contributed by atoms with Gasteiger partial charge in [-0.25, -0.2) is 0 Å². The van der Waals surface area contributed by atoms with E-state index in [2.05, 4.69) is 5.32 Å². The fourth-order valence-corrected chi connectivity index (χ4v) is 1.54. The zero-order valence-electron chi connectivity index (χ0n) is 10.7. The Morgan fingerprint density at radius 2 is 2.15 bits per heavy atom. The van der Waals surface area contributed by atoms with Crippen molar-refractivity contribution in [3.05, 3.63) is 29.3 Å². The number of nitrogens with one attached hydrogen (secondary N) is 1. The number of carboxylic acids is 1. The third kappa shape index (κ3) is 4.16. The van der Waals surface area contributed by atoms with E-state index < -0.39 is 29.2 Å². The van der Waals surface area contributed by atoms with E-state index in [4.69, 9.17) is 10.4 Å². The standard InChI is InChI=1S/C13H13F3N2O2/c1-8(12(19)20)4-5-18-10-3-2-9(7-17)11(6-10)13(14,15)16/h2-3,6,8,18H,4-5H2,1H3,(H,19,20). The Labute approximate surface area is 113 Å². The lowest BCUT2D eigenvalue weighted by Crippen LogP contribution is -2.15. The number of nitriles is 1. The van der Waals surface area contributed by atoms with E-state index in [1.165, 1.54) is 19.1 Å². The van der Waals surface area contributed by atoms with E-state index in [1.807, 2.05) is 0 Å². The minimum absolute atomic E-state index is 0.203. The number of nitrogens with zero attached hydrogens (tertiary/aromatic N) is 1. The molecule has 1 aromatic carbocycles. The molecule has 0 aromatic heterocycles. The number of alkyl halides is 3. The molecular formula is C13H13F3N2O2. The highest BCUT2D eigenvalue weighted by atomic mass is 19.4. The molecule has 0 saturated heterocycles. The van der Waals surface area contributed by atoms with Crippen molar-refractivity contribution in [2.24, 2.45) is 5.92 Å². The van der Waals surface area contributed by atoms with E-state index in [0.29, 0.717) is 0 Å². The molecule has 0 radical (unpaired) electrons. The van der Waals surface area contributed by atoms with Crippen LogP contribution >= 0.6 is 0 Å². The average Bonchev–Trinajstić information content (AvgIpc) is 2.37. The molecule has 1 unspecified atom stereocenters. The molecule has 2 N–H and O–H groups in total. The van der Waals surface area contributed by atoms with Crippen molar-refractivity contribution in [2.45, 2.75) is 19.5 Å². The van der Waals surface area contributed by atoms with Crippen LogP contribution in [0.15, 0.2) is 18.2 Å². The predicted molar refractivity (Wildman–Crippen MR) is 66.1 cm³/mol. The summed E-state index contributed by atoms with van der Waals surface area (Å²) >= 11 is 0. The van der Waals surface area contributed by atoms with Gasteiger partial charge < -0.3 is 10.4 Å². The minimum Gasteiger partial charge on any atom is -0.481 e. The van der Waals surface area contributed by atoms with E-state index in [1.54, 1.807) is 0 Å². The minimum atomic E-state index is -4.60. The number of hydrogen-bond donors (Lipinski definition) is 2. The van der Waals surface area contributed by atoms with Crippen molar-refractivity contribution in [1.82, 2.24) is 0 Å². The number of halogens is 3. The Bertz CT molecular complexity index is 535. The maximum absolute atomic E-state index is 12.7. The number of benzene rings is 1. The van der Waals surface area contributed by atoms with Crippen LogP contribution in [0.1, 0.15) is 24.5 Å². The Morgan fingerprint density at radius 3 is 2.65 bits per heavy atom. The first kappa shape index (κ1) is 15.8. The van der Waals surface area contributed by atoms with E-state index in [-0.39, 0.29) is 18.7 Å². The maximum Gasteiger partial charge on any atom is 0.417 e. The second-order valence-corrected chi connectivity index (χ2v) is 4.32. The van der Waals surface area contributed by atoms with E-state index in [9.17, 15) is 18.0 Å². The molecule has 1 aromatic rings. The summed E-state index contributed by atoms with van der Waals surface area (Å²) in [6.45, 7) is 1.75. The zero-order chi connectivity index (χ0) is 15.3.